The topological polar surface area (TPSA) is 62.3 Å². The smallest absolute Gasteiger partial charge is 0.243 e. The quantitative estimate of drug-likeness (QED) is 0.917. The number of hydrogen-bond acceptors (Lipinski definition) is 4. The lowest BCUT2D eigenvalue weighted by molar-refractivity contribution is -0.139. The first-order valence-electron chi connectivity index (χ1n) is 7.83. The van der Waals surface area contributed by atoms with Gasteiger partial charge in [-0.25, -0.2) is 0 Å². The second-order valence-electron chi connectivity index (χ2n) is 7.14. The van der Waals surface area contributed by atoms with E-state index in [0.717, 1.165) is 11.3 Å². The van der Waals surface area contributed by atoms with Crippen LogP contribution in [0.2, 0.25) is 0 Å². The fraction of sp³-hybridized carbons (Fsp3) is 0.588. The maximum atomic E-state index is 12.4. The van der Waals surface area contributed by atoms with Crippen LogP contribution < -0.4 is 5.32 Å². The highest BCUT2D eigenvalue weighted by atomic mass is 32.2. The molecule has 5 nitrogen and oxygen atoms in total. The van der Waals surface area contributed by atoms with Crippen LogP contribution in [0.15, 0.2) is 18.3 Å². The van der Waals surface area contributed by atoms with Gasteiger partial charge >= 0.3 is 0 Å². The van der Waals surface area contributed by atoms with Gasteiger partial charge in [-0.2, -0.15) is 0 Å². The van der Waals surface area contributed by atoms with E-state index in [4.69, 9.17) is 0 Å². The van der Waals surface area contributed by atoms with Gasteiger partial charge in [-0.1, -0.05) is 26.8 Å². The van der Waals surface area contributed by atoms with E-state index in [1.165, 1.54) is 0 Å². The highest BCUT2D eigenvalue weighted by Crippen LogP contribution is 2.26. The summed E-state index contributed by atoms with van der Waals surface area (Å²) in [4.78, 5) is 30.8. The molecular weight excluding hydrogens is 310 g/mol. The Kier molecular flexibility index (Phi) is 5.68. The third-order valence-corrected chi connectivity index (χ3v) is 4.64. The molecule has 0 spiro atoms. The number of thioether (sulfide) groups is 1. The molecule has 0 aliphatic carbocycles. The van der Waals surface area contributed by atoms with Gasteiger partial charge in [0.15, 0.2) is 0 Å². The van der Waals surface area contributed by atoms with Gasteiger partial charge in [-0.05, 0) is 24.0 Å². The number of aryl methyl sites for hydroxylation is 1. The molecule has 2 heterocycles. The Balaban J connectivity index is 1.92. The minimum atomic E-state index is -0.367. The van der Waals surface area contributed by atoms with Crippen LogP contribution in [0.3, 0.4) is 0 Å². The maximum Gasteiger partial charge on any atom is 0.243 e. The molecule has 2 rings (SSSR count). The lowest BCUT2D eigenvalue weighted by Gasteiger charge is -2.26. The normalized spacial score (nSPS) is 18.1. The number of rotatable bonds is 4. The van der Waals surface area contributed by atoms with Crippen LogP contribution in [0.4, 0.5) is 0 Å². The van der Waals surface area contributed by atoms with E-state index < -0.39 is 0 Å². The molecule has 2 amide bonds. The van der Waals surface area contributed by atoms with Gasteiger partial charge in [0.25, 0.3) is 0 Å². The number of hydrogen-bond donors (Lipinski definition) is 1. The summed E-state index contributed by atoms with van der Waals surface area (Å²) in [6.07, 6.45) is 2.22. The molecule has 1 unspecified atom stereocenters. The van der Waals surface area contributed by atoms with Gasteiger partial charge in [0.1, 0.15) is 6.04 Å². The number of nitrogens with zero attached hydrogens (tertiary/aromatic N) is 2. The Bertz CT molecular complexity index is 566. The Morgan fingerprint density at radius 1 is 1.39 bits per heavy atom. The summed E-state index contributed by atoms with van der Waals surface area (Å²) >= 11 is 1.63. The molecule has 0 saturated carbocycles. The van der Waals surface area contributed by atoms with Crippen molar-refractivity contribution in [2.75, 3.05) is 11.6 Å². The van der Waals surface area contributed by atoms with E-state index in [-0.39, 0.29) is 23.3 Å². The second kappa shape index (κ2) is 7.34. The van der Waals surface area contributed by atoms with E-state index in [2.05, 4.69) is 10.3 Å². The van der Waals surface area contributed by atoms with Crippen molar-refractivity contribution < 1.29 is 9.59 Å². The number of carbonyl (C=O) groups excluding carboxylic acids is 2. The van der Waals surface area contributed by atoms with Gasteiger partial charge in [-0.3, -0.25) is 14.6 Å². The predicted molar refractivity (Wildman–Crippen MR) is 92.9 cm³/mol. The fourth-order valence-corrected chi connectivity index (χ4v) is 3.55. The summed E-state index contributed by atoms with van der Waals surface area (Å²) < 4.78 is 0. The molecule has 1 atom stereocenters. The van der Waals surface area contributed by atoms with Gasteiger partial charge < -0.3 is 10.2 Å². The number of amides is 2. The molecule has 1 N–H and O–H groups in total. The summed E-state index contributed by atoms with van der Waals surface area (Å²) in [5.74, 6) is 1.23. The molecule has 126 valence electrons. The highest BCUT2D eigenvalue weighted by Gasteiger charge is 2.35. The number of carbonyl (C=O) groups is 2. The zero-order chi connectivity index (χ0) is 17.0. The van der Waals surface area contributed by atoms with Crippen molar-refractivity contribution in [1.29, 1.82) is 0 Å². The summed E-state index contributed by atoms with van der Waals surface area (Å²) in [7, 11) is 0. The molecule has 0 aromatic carbocycles. The molecular formula is C17H25N3O2S. The van der Waals surface area contributed by atoms with Gasteiger partial charge in [0, 0.05) is 30.6 Å². The first-order valence-corrected chi connectivity index (χ1v) is 8.98. The average Bonchev–Trinajstić information content (AvgIpc) is 2.94. The minimum Gasteiger partial charge on any atom is -0.350 e. The Hall–Kier alpha value is -1.56. The second-order valence-corrected chi connectivity index (χ2v) is 8.14. The summed E-state index contributed by atoms with van der Waals surface area (Å²) in [6.45, 7) is 8.47. The number of nitrogens with one attached hydrogen (secondary N) is 1. The minimum absolute atomic E-state index is 0.0552. The summed E-state index contributed by atoms with van der Waals surface area (Å²) in [5, 5.41) is 2.92. The molecule has 0 radical (unpaired) electrons. The van der Waals surface area contributed by atoms with Crippen LogP contribution in [-0.4, -0.2) is 39.4 Å². The summed E-state index contributed by atoms with van der Waals surface area (Å²) in [5.41, 5.74) is 1.84. The molecule has 1 aliphatic heterocycles. The molecule has 0 bridgehead atoms. The molecule has 1 fully saturated rings. The average molecular weight is 335 g/mol. The highest BCUT2D eigenvalue weighted by molar-refractivity contribution is 7.99. The first kappa shape index (κ1) is 17.8. The first-order chi connectivity index (χ1) is 10.8. The van der Waals surface area contributed by atoms with Crippen LogP contribution in [0.1, 0.15) is 38.4 Å². The summed E-state index contributed by atoms with van der Waals surface area (Å²) in [6, 6.07) is 3.51. The van der Waals surface area contributed by atoms with Crippen molar-refractivity contribution in [2.24, 2.45) is 5.41 Å². The van der Waals surface area contributed by atoms with Crippen molar-refractivity contribution in [3.63, 3.8) is 0 Å². The molecule has 23 heavy (non-hydrogen) atoms. The maximum absolute atomic E-state index is 12.4. The van der Waals surface area contributed by atoms with E-state index in [1.807, 2.05) is 39.8 Å². The van der Waals surface area contributed by atoms with E-state index in [0.29, 0.717) is 24.6 Å². The zero-order valence-corrected chi connectivity index (χ0v) is 15.1. The van der Waals surface area contributed by atoms with Crippen molar-refractivity contribution in [3.8, 4) is 0 Å². The molecule has 1 aromatic rings. The SMILES string of the molecule is Cc1ccc(CNC(=O)C2CSCN2C(=O)CC(C)(C)C)cn1. The Labute approximate surface area is 142 Å². The van der Waals surface area contributed by atoms with Gasteiger partial charge in [0.05, 0.1) is 5.88 Å². The van der Waals surface area contributed by atoms with Crippen LogP contribution in [-0.2, 0) is 16.1 Å². The monoisotopic (exact) mass is 335 g/mol. The molecule has 1 aliphatic rings. The Morgan fingerprint density at radius 3 is 2.74 bits per heavy atom. The van der Waals surface area contributed by atoms with E-state index in [1.54, 1.807) is 22.9 Å². The van der Waals surface area contributed by atoms with Crippen LogP contribution >= 0.6 is 11.8 Å². The lowest BCUT2D eigenvalue weighted by Crippen LogP contribution is -2.47. The van der Waals surface area contributed by atoms with Crippen molar-refractivity contribution >= 4 is 23.6 Å². The molecule has 6 heteroatoms. The van der Waals surface area contributed by atoms with Gasteiger partial charge in [-0.15, -0.1) is 11.8 Å². The standard InChI is InChI=1S/C17H25N3O2S/c1-12-5-6-13(8-18-12)9-19-16(22)14-10-23-11-20(14)15(21)7-17(2,3)4/h5-6,8,14H,7,9-11H2,1-4H3,(H,19,22). The van der Waals surface area contributed by atoms with E-state index in [9.17, 15) is 9.59 Å². The van der Waals surface area contributed by atoms with E-state index >= 15 is 0 Å². The van der Waals surface area contributed by atoms with Crippen molar-refractivity contribution in [2.45, 2.75) is 46.7 Å². The van der Waals surface area contributed by atoms with Crippen LogP contribution in [0, 0.1) is 12.3 Å². The van der Waals surface area contributed by atoms with Crippen molar-refractivity contribution in [1.82, 2.24) is 15.2 Å². The third kappa shape index (κ3) is 5.23. The van der Waals surface area contributed by atoms with Crippen LogP contribution in [0.25, 0.3) is 0 Å². The zero-order valence-electron chi connectivity index (χ0n) is 14.3. The largest absolute Gasteiger partial charge is 0.350 e. The lowest BCUT2D eigenvalue weighted by atomic mass is 9.91. The molecule has 1 aromatic heterocycles. The fourth-order valence-electron chi connectivity index (χ4n) is 2.37. The molecule has 1 saturated heterocycles. The van der Waals surface area contributed by atoms with Crippen LogP contribution in [0.5, 0.6) is 0 Å². The Morgan fingerprint density at radius 2 is 2.13 bits per heavy atom. The predicted octanol–water partition coefficient (Wildman–Crippen LogP) is 2.34. The third-order valence-electron chi connectivity index (χ3n) is 3.63. The number of pyridine rings is 1. The van der Waals surface area contributed by atoms with Gasteiger partial charge in [0.2, 0.25) is 11.8 Å². The number of aromatic nitrogens is 1. The van der Waals surface area contributed by atoms with Crippen molar-refractivity contribution in [3.05, 3.63) is 29.6 Å².